The molecule has 21 heavy (non-hydrogen) atoms. The molecule has 0 bridgehead atoms. The van der Waals surface area contributed by atoms with Gasteiger partial charge >= 0.3 is 6.18 Å². The van der Waals surface area contributed by atoms with Crippen LogP contribution < -0.4 is 5.43 Å². The van der Waals surface area contributed by atoms with Gasteiger partial charge in [0.25, 0.3) is 5.91 Å². The highest BCUT2D eigenvalue weighted by Crippen LogP contribution is 2.28. The molecule has 0 aromatic heterocycles. The van der Waals surface area contributed by atoms with E-state index >= 15 is 0 Å². The number of hydrogen-bond acceptors (Lipinski definition) is 2. The van der Waals surface area contributed by atoms with Crippen molar-refractivity contribution in [2.24, 2.45) is 5.10 Å². The predicted octanol–water partition coefficient (Wildman–Crippen LogP) is 3.47. The Kier molecular flexibility index (Phi) is 4.37. The lowest BCUT2D eigenvalue weighted by atomic mass is 10.1. The van der Waals surface area contributed by atoms with Crippen LogP contribution in [-0.2, 0) is 6.18 Å². The van der Waals surface area contributed by atoms with Gasteiger partial charge in [0.05, 0.1) is 11.8 Å². The van der Waals surface area contributed by atoms with Gasteiger partial charge in [-0.25, -0.2) is 5.43 Å². The van der Waals surface area contributed by atoms with E-state index in [4.69, 9.17) is 0 Å². The summed E-state index contributed by atoms with van der Waals surface area (Å²) < 4.78 is 37.2. The van der Waals surface area contributed by atoms with Crippen LogP contribution in [0.25, 0.3) is 0 Å². The van der Waals surface area contributed by atoms with E-state index in [1.54, 1.807) is 12.1 Å². The Labute approximate surface area is 119 Å². The molecule has 0 atom stereocenters. The van der Waals surface area contributed by atoms with Gasteiger partial charge in [-0.05, 0) is 29.8 Å². The fourth-order valence-electron chi connectivity index (χ4n) is 1.58. The molecule has 0 aliphatic carbocycles. The number of carbonyl (C=O) groups excluding carboxylic acids is 1. The molecule has 0 fully saturated rings. The number of rotatable bonds is 3. The third-order valence-electron chi connectivity index (χ3n) is 2.65. The second kappa shape index (κ2) is 6.21. The molecule has 2 rings (SSSR count). The highest BCUT2D eigenvalue weighted by molar-refractivity contribution is 5.94. The van der Waals surface area contributed by atoms with Crippen molar-refractivity contribution in [3.63, 3.8) is 0 Å². The first-order valence-corrected chi connectivity index (χ1v) is 6.02. The lowest BCUT2D eigenvalue weighted by molar-refractivity contribution is -0.137. The van der Waals surface area contributed by atoms with E-state index in [0.717, 1.165) is 29.8 Å². The minimum atomic E-state index is -4.42. The van der Waals surface area contributed by atoms with E-state index in [-0.39, 0.29) is 5.56 Å². The molecule has 2 aromatic carbocycles. The number of benzene rings is 2. The number of alkyl halides is 3. The van der Waals surface area contributed by atoms with Gasteiger partial charge in [0.15, 0.2) is 0 Å². The third-order valence-corrected chi connectivity index (χ3v) is 2.65. The van der Waals surface area contributed by atoms with Gasteiger partial charge in [-0.2, -0.15) is 18.3 Å². The molecule has 0 radical (unpaired) electrons. The van der Waals surface area contributed by atoms with Crippen LogP contribution in [0.4, 0.5) is 13.2 Å². The fraction of sp³-hybridized carbons (Fsp3) is 0.0667. The SMILES string of the molecule is O=C(NN=Cc1ccccc1)c1ccc(C(F)(F)F)cc1. The Hall–Kier alpha value is -2.63. The van der Waals surface area contributed by atoms with Crippen molar-refractivity contribution in [1.82, 2.24) is 5.43 Å². The minimum absolute atomic E-state index is 0.105. The number of hydrazone groups is 1. The summed E-state index contributed by atoms with van der Waals surface area (Å²) in [5.41, 5.74) is 2.36. The molecule has 0 spiro atoms. The molecule has 0 saturated heterocycles. The first-order chi connectivity index (χ1) is 9.97. The maximum Gasteiger partial charge on any atom is 0.416 e. The largest absolute Gasteiger partial charge is 0.416 e. The Bertz CT molecular complexity index is 634. The standard InChI is InChI=1S/C15H11F3N2O/c16-15(17,18)13-8-6-12(7-9-13)14(21)20-19-10-11-4-2-1-3-5-11/h1-10H,(H,20,21). The highest BCUT2D eigenvalue weighted by atomic mass is 19.4. The lowest BCUT2D eigenvalue weighted by Crippen LogP contribution is -2.17. The average molecular weight is 292 g/mol. The fourth-order valence-corrected chi connectivity index (χ4v) is 1.58. The zero-order chi connectivity index (χ0) is 15.3. The van der Waals surface area contributed by atoms with E-state index in [1.807, 2.05) is 18.2 Å². The molecule has 3 nitrogen and oxygen atoms in total. The molecule has 0 aliphatic heterocycles. The summed E-state index contributed by atoms with van der Waals surface area (Å²) in [6.07, 6.45) is -2.97. The number of amides is 1. The van der Waals surface area contributed by atoms with Gasteiger partial charge in [-0.3, -0.25) is 4.79 Å². The molecular formula is C15H11F3N2O. The van der Waals surface area contributed by atoms with Crippen molar-refractivity contribution >= 4 is 12.1 Å². The van der Waals surface area contributed by atoms with Crippen molar-refractivity contribution in [2.45, 2.75) is 6.18 Å². The van der Waals surface area contributed by atoms with Crippen molar-refractivity contribution in [3.8, 4) is 0 Å². The summed E-state index contributed by atoms with van der Waals surface area (Å²) >= 11 is 0. The van der Waals surface area contributed by atoms with Crippen LogP contribution in [0.1, 0.15) is 21.5 Å². The van der Waals surface area contributed by atoms with E-state index in [2.05, 4.69) is 10.5 Å². The van der Waals surface area contributed by atoms with Crippen LogP contribution in [0.3, 0.4) is 0 Å². The van der Waals surface area contributed by atoms with Crippen LogP contribution >= 0.6 is 0 Å². The summed E-state index contributed by atoms with van der Waals surface area (Å²) in [7, 11) is 0. The van der Waals surface area contributed by atoms with Crippen molar-refractivity contribution < 1.29 is 18.0 Å². The monoisotopic (exact) mass is 292 g/mol. The molecule has 108 valence electrons. The van der Waals surface area contributed by atoms with E-state index in [0.29, 0.717) is 0 Å². The molecule has 0 unspecified atom stereocenters. The van der Waals surface area contributed by atoms with Gasteiger partial charge in [0.1, 0.15) is 0 Å². The number of nitrogens with zero attached hydrogens (tertiary/aromatic N) is 1. The van der Waals surface area contributed by atoms with Gasteiger partial charge in [0, 0.05) is 5.56 Å². The van der Waals surface area contributed by atoms with Crippen LogP contribution in [0.15, 0.2) is 59.7 Å². The Balaban J connectivity index is 1.99. The Morgan fingerprint density at radius 1 is 1.00 bits per heavy atom. The number of carbonyl (C=O) groups is 1. The number of nitrogens with one attached hydrogen (secondary N) is 1. The second-order valence-corrected chi connectivity index (χ2v) is 4.18. The second-order valence-electron chi connectivity index (χ2n) is 4.18. The zero-order valence-electron chi connectivity index (χ0n) is 10.8. The first-order valence-electron chi connectivity index (χ1n) is 6.02. The maximum atomic E-state index is 12.4. The van der Waals surface area contributed by atoms with Crippen LogP contribution in [0.2, 0.25) is 0 Å². The quantitative estimate of drug-likeness (QED) is 0.683. The summed E-state index contributed by atoms with van der Waals surface area (Å²) in [6, 6.07) is 13.0. The van der Waals surface area contributed by atoms with E-state index in [1.165, 1.54) is 6.21 Å². The topological polar surface area (TPSA) is 41.5 Å². The van der Waals surface area contributed by atoms with Crippen LogP contribution in [-0.4, -0.2) is 12.1 Å². The molecule has 1 amide bonds. The maximum absolute atomic E-state index is 12.4. The predicted molar refractivity (Wildman–Crippen MR) is 72.9 cm³/mol. The Morgan fingerprint density at radius 3 is 2.19 bits per heavy atom. The Morgan fingerprint density at radius 2 is 1.62 bits per heavy atom. The van der Waals surface area contributed by atoms with Gasteiger partial charge < -0.3 is 0 Å². The smallest absolute Gasteiger partial charge is 0.267 e. The van der Waals surface area contributed by atoms with Crippen molar-refractivity contribution in [3.05, 3.63) is 71.3 Å². The molecular weight excluding hydrogens is 281 g/mol. The molecule has 1 N–H and O–H groups in total. The summed E-state index contributed by atoms with van der Waals surface area (Å²) in [6.45, 7) is 0. The lowest BCUT2D eigenvalue weighted by Gasteiger charge is -2.06. The average Bonchev–Trinajstić information content (AvgIpc) is 2.47. The van der Waals surface area contributed by atoms with E-state index < -0.39 is 17.6 Å². The van der Waals surface area contributed by atoms with Crippen molar-refractivity contribution in [1.29, 1.82) is 0 Å². The van der Waals surface area contributed by atoms with Gasteiger partial charge in [0.2, 0.25) is 0 Å². The molecule has 2 aromatic rings. The minimum Gasteiger partial charge on any atom is -0.267 e. The van der Waals surface area contributed by atoms with Crippen LogP contribution in [0, 0.1) is 0 Å². The van der Waals surface area contributed by atoms with Gasteiger partial charge in [-0.15, -0.1) is 0 Å². The summed E-state index contributed by atoms with van der Waals surface area (Å²) in [5.74, 6) is -0.573. The summed E-state index contributed by atoms with van der Waals surface area (Å²) in [4.78, 5) is 11.7. The molecule has 6 heteroatoms. The molecule has 0 heterocycles. The number of halogens is 3. The molecule has 0 aliphatic rings. The summed E-state index contributed by atoms with van der Waals surface area (Å²) in [5, 5.41) is 3.74. The number of hydrogen-bond donors (Lipinski definition) is 1. The van der Waals surface area contributed by atoms with Gasteiger partial charge in [-0.1, -0.05) is 30.3 Å². The van der Waals surface area contributed by atoms with E-state index in [9.17, 15) is 18.0 Å². The van der Waals surface area contributed by atoms with Crippen LogP contribution in [0.5, 0.6) is 0 Å². The third kappa shape index (κ3) is 4.17. The zero-order valence-corrected chi connectivity index (χ0v) is 10.8. The normalized spacial score (nSPS) is 11.6. The molecule has 0 saturated carbocycles. The highest BCUT2D eigenvalue weighted by Gasteiger charge is 2.30. The van der Waals surface area contributed by atoms with Crippen molar-refractivity contribution in [2.75, 3.05) is 0 Å². The first kappa shape index (κ1) is 14.8.